The quantitative estimate of drug-likeness (QED) is 0.819. The topological polar surface area (TPSA) is 71.1 Å². The number of nitrogens with one attached hydrogen (secondary N) is 1. The first-order valence-electron chi connectivity index (χ1n) is 6.56. The minimum absolute atomic E-state index is 0.149. The zero-order valence-corrected chi connectivity index (χ0v) is 11.0. The number of para-hydroxylation sites is 1. The Balaban J connectivity index is 1.92. The third-order valence-electron chi connectivity index (χ3n) is 3.45. The molecule has 0 aromatic heterocycles. The molecule has 1 heterocycles. The molecule has 1 aliphatic rings. The van der Waals surface area contributed by atoms with Crippen molar-refractivity contribution in [2.75, 3.05) is 17.7 Å². The largest absolute Gasteiger partial charge is 0.493 e. The van der Waals surface area contributed by atoms with Gasteiger partial charge in [0.1, 0.15) is 11.8 Å². The van der Waals surface area contributed by atoms with Crippen molar-refractivity contribution in [1.82, 2.24) is 0 Å². The van der Waals surface area contributed by atoms with Crippen LogP contribution in [0.15, 0.2) is 42.5 Å². The van der Waals surface area contributed by atoms with Crippen LogP contribution >= 0.6 is 0 Å². The van der Waals surface area contributed by atoms with Crippen LogP contribution in [0.25, 0.3) is 0 Å². The Morgan fingerprint density at radius 2 is 2.10 bits per heavy atom. The van der Waals surface area contributed by atoms with Crippen molar-refractivity contribution in [3.8, 4) is 11.8 Å². The van der Waals surface area contributed by atoms with Crippen molar-refractivity contribution in [3.05, 3.63) is 53.6 Å². The molecular weight excluding hydrogens is 250 g/mol. The molecule has 100 valence electrons. The average molecular weight is 265 g/mol. The van der Waals surface area contributed by atoms with E-state index in [1.165, 1.54) is 0 Å². The second-order valence-electron chi connectivity index (χ2n) is 4.79. The summed E-state index contributed by atoms with van der Waals surface area (Å²) in [5.41, 5.74) is 8.81. The molecule has 2 aromatic rings. The smallest absolute Gasteiger partial charge is 0.124 e. The first kappa shape index (κ1) is 12.4. The molecule has 0 fully saturated rings. The Kier molecular flexibility index (Phi) is 3.18. The molecule has 0 spiro atoms. The van der Waals surface area contributed by atoms with Gasteiger partial charge in [0, 0.05) is 17.7 Å². The summed E-state index contributed by atoms with van der Waals surface area (Å²) in [6.07, 6.45) is 0.867. The van der Waals surface area contributed by atoms with Crippen molar-refractivity contribution in [2.45, 2.75) is 12.5 Å². The molecule has 0 radical (unpaired) electrons. The third kappa shape index (κ3) is 2.26. The first-order chi connectivity index (χ1) is 9.78. The Morgan fingerprint density at radius 3 is 2.95 bits per heavy atom. The number of nitrogen functional groups attached to an aromatic ring is 1. The van der Waals surface area contributed by atoms with Crippen molar-refractivity contribution < 1.29 is 4.74 Å². The molecule has 0 bridgehead atoms. The van der Waals surface area contributed by atoms with Gasteiger partial charge in [-0.15, -0.1) is 0 Å². The van der Waals surface area contributed by atoms with Crippen LogP contribution in [0.2, 0.25) is 0 Å². The number of rotatable bonds is 2. The number of hydrogen-bond donors (Lipinski definition) is 2. The van der Waals surface area contributed by atoms with E-state index in [0.717, 1.165) is 23.4 Å². The van der Waals surface area contributed by atoms with Gasteiger partial charge in [-0.25, -0.2) is 0 Å². The molecule has 1 aliphatic heterocycles. The molecule has 0 aliphatic carbocycles. The van der Waals surface area contributed by atoms with Crippen LogP contribution in [-0.2, 0) is 0 Å². The fourth-order valence-corrected chi connectivity index (χ4v) is 2.46. The predicted octanol–water partition coefficient (Wildman–Crippen LogP) is 3.08. The van der Waals surface area contributed by atoms with Crippen LogP contribution in [0.5, 0.6) is 5.75 Å². The van der Waals surface area contributed by atoms with Crippen molar-refractivity contribution in [1.29, 1.82) is 5.26 Å². The standard InChI is InChI=1S/C16H15N3O/c17-10-11-9-12(18)5-6-14(11)19-15-7-8-20-16-4-2-1-3-13(15)16/h1-6,9,15,19H,7-8,18H2. The zero-order valence-electron chi connectivity index (χ0n) is 11.0. The van der Waals surface area contributed by atoms with E-state index in [4.69, 9.17) is 10.5 Å². The highest BCUT2D eigenvalue weighted by molar-refractivity contribution is 5.64. The zero-order chi connectivity index (χ0) is 13.9. The van der Waals surface area contributed by atoms with Crippen LogP contribution in [-0.4, -0.2) is 6.61 Å². The maximum absolute atomic E-state index is 9.20. The van der Waals surface area contributed by atoms with E-state index < -0.39 is 0 Å². The fraction of sp³-hybridized carbons (Fsp3) is 0.188. The summed E-state index contributed by atoms with van der Waals surface area (Å²) in [7, 11) is 0. The molecule has 0 saturated carbocycles. The van der Waals surface area contributed by atoms with E-state index in [2.05, 4.69) is 17.5 Å². The molecule has 3 rings (SSSR count). The van der Waals surface area contributed by atoms with E-state index in [1.54, 1.807) is 12.1 Å². The predicted molar refractivity (Wildman–Crippen MR) is 78.5 cm³/mol. The highest BCUT2D eigenvalue weighted by Crippen LogP contribution is 2.34. The summed E-state index contributed by atoms with van der Waals surface area (Å²) in [5.74, 6) is 0.908. The number of fused-ring (bicyclic) bond motifs is 1. The lowest BCUT2D eigenvalue weighted by molar-refractivity contribution is 0.274. The number of nitrogens with two attached hydrogens (primary N) is 1. The minimum atomic E-state index is 0.149. The second-order valence-corrected chi connectivity index (χ2v) is 4.79. The summed E-state index contributed by atoms with van der Waals surface area (Å²) in [6.45, 7) is 0.672. The normalized spacial score (nSPS) is 16.6. The third-order valence-corrected chi connectivity index (χ3v) is 3.45. The Morgan fingerprint density at radius 1 is 1.25 bits per heavy atom. The molecule has 2 aromatic carbocycles. The number of anilines is 2. The molecular formula is C16H15N3O. The van der Waals surface area contributed by atoms with Crippen molar-refractivity contribution in [2.24, 2.45) is 0 Å². The van der Waals surface area contributed by atoms with E-state index in [1.807, 2.05) is 24.3 Å². The summed E-state index contributed by atoms with van der Waals surface area (Å²) in [5, 5.41) is 12.6. The number of benzene rings is 2. The lowest BCUT2D eigenvalue weighted by Crippen LogP contribution is -2.20. The van der Waals surface area contributed by atoms with Crippen molar-refractivity contribution in [3.63, 3.8) is 0 Å². The van der Waals surface area contributed by atoms with Gasteiger partial charge in [-0.3, -0.25) is 0 Å². The molecule has 4 nitrogen and oxygen atoms in total. The molecule has 3 N–H and O–H groups in total. The lowest BCUT2D eigenvalue weighted by atomic mass is 9.99. The average Bonchev–Trinajstić information content (AvgIpc) is 2.49. The van der Waals surface area contributed by atoms with Crippen LogP contribution in [0.3, 0.4) is 0 Å². The van der Waals surface area contributed by atoms with Gasteiger partial charge in [-0.2, -0.15) is 5.26 Å². The van der Waals surface area contributed by atoms with Gasteiger partial charge >= 0.3 is 0 Å². The van der Waals surface area contributed by atoms with Crippen LogP contribution < -0.4 is 15.8 Å². The summed E-state index contributed by atoms with van der Waals surface area (Å²) in [4.78, 5) is 0. The molecule has 20 heavy (non-hydrogen) atoms. The summed E-state index contributed by atoms with van der Waals surface area (Å²) in [6, 6.07) is 15.6. The molecule has 4 heteroatoms. The van der Waals surface area contributed by atoms with Crippen LogP contribution in [0.4, 0.5) is 11.4 Å². The van der Waals surface area contributed by atoms with E-state index >= 15 is 0 Å². The van der Waals surface area contributed by atoms with Gasteiger partial charge in [0.25, 0.3) is 0 Å². The lowest BCUT2D eigenvalue weighted by Gasteiger charge is -2.27. The number of hydrogen-bond acceptors (Lipinski definition) is 4. The fourth-order valence-electron chi connectivity index (χ4n) is 2.46. The highest BCUT2D eigenvalue weighted by Gasteiger charge is 2.21. The number of ether oxygens (including phenoxy) is 1. The monoisotopic (exact) mass is 265 g/mol. The molecule has 0 amide bonds. The van der Waals surface area contributed by atoms with E-state index in [0.29, 0.717) is 17.9 Å². The second kappa shape index (κ2) is 5.14. The Bertz CT molecular complexity index is 676. The molecule has 0 saturated heterocycles. The van der Waals surface area contributed by atoms with Gasteiger partial charge in [0.2, 0.25) is 0 Å². The van der Waals surface area contributed by atoms with E-state index in [9.17, 15) is 5.26 Å². The van der Waals surface area contributed by atoms with Crippen LogP contribution in [0.1, 0.15) is 23.6 Å². The van der Waals surface area contributed by atoms with E-state index in [-0.39, 0.29) is 6.04 Å². The van der Waals surface area contributed by atoms with Gasteiger partial charge in [-0.1, -0.05) is 18.2 Å². The number of nitriles is 1. The van der Waals surface area contributed by atoms with Crippen LogP contribution in [0, 0.1) is 11.3 Å². The molecule has 1 unspecified atom stereocenters. The Labute approximate surface area is 117 Å². The maximum Gasteiger partial charge on any atom is 0.124 e. The number of nitrogens with zero attached hydrogens (tertiary/aromatic N) is 1. The van der Waals surface area contributed by atoms with Crippen molar-refractivity contribution >= 4 is 11.4 Å². The van der Waals surface area contributed by atoms with Gasteiger partial charge in [0.05, 0.1) is 23.9 Å². The summed E-state index contributed by atoms with van der Waals surface area (Å²) < 4.78 is 5.64. The Hall–Kier alpha value is -2.67. The van der Waals surface area contributed by atoms with Gasteiger partial charge in [-0.05, 0) is 24.3 Å². The SMILES string of the molecule is N#Cc1cc(N)ccc1NC1CCOc2ccccc21. The highest BCUT2D eigenvalue weighted by atomic mass is 16.5. The van der Waals surface area contributed by atoms with Gasteiger partial charge < -0.3 is 15.8 Å². The maximum atomic E-state index is 9.20. The van der Waals surface area contributed by atoms with Gasteiger partial charge in [0.15, 0.2) is 0 Å². The first-order valence-corrected chi connectivity index (χ1v) is 6.56. The summed E-state index contributed by atoms with van der Waals surface area (Å²) >= 11 is 0. The minimum Gasteiger partial charge on any atom is -0.493 e. The molecule has 1 atom stereocenters.